The Morgan fingerprint density at radius 2 is 1.83 bits per heavy atom. The van der Waals surface area contributed by atoms with Crippen molar-refractivity contribution in [2.45, 2.75) is 19.8 Å². The molecule has 2 aromatic rings. The summed E-state index contributed by atoms with van der Waals surface area (Å²) >= 11 is 5.94. The highest BCUT2D eigenvalue weighted by Gasteiger charge is 2.05. The molecule has 0 unspecified atom stereocenters. The SMILES string of the molecule is CC(=O)Nc1ccc(C(=O)NCCCc2cccc(Cl)c2)cc1. The first-order chi connectivity index (χ1) is 11.0. The molecule has 2 amide bonds. The van der Waals surface area contributed by atoms with E-state index in [1.165, 1.54) is 6.92 Å². The van der Waals surface area contributed by atoms with E-state index in [-0.39, 0.29) is 11.8 Å². The van der Waals surface area contributed by atoms with Gasteiger partial charge < -0.3 is 10.6 Å². The second-order valence-corrected chi connectivity index (χ2v) is 5.68. The smallest absolute Gasteiger partial charge is 0.251 e. The lowest BCUT2D eigenvalue weighted by atomic mass is 10.1. The number of hydrogen-bond acceptors (Lipinski definition) is 2. The average Bonchev–Trinajstić information content (AvgIpc) is 2.51. The van der Waals surface area contributed by atoms with Crippen molar-refractivity contribution in [3.8, 4) is 0 Å². The largest absolute Gasteiger partial charge is 0.352 e. The summed E-state index contributed by atoms with van der Waals surface area (Å²) in [6, 6.07) is 14.5. The van der Waals surface area contributed by atoms with Crippen LogP contribution in [0.2, 0.25) is 5.02 Å². The summed E-state index contributed by atoms with van der Waals surface area (Å²) in [5, 5.41) is 6.28. The van der Waals surface area contributed by atoms with Gasteiger partial charge in [-0.3, -0.25) is 9.59 Å². The number of carbonyl (C=O) groups excluding carboxylic acids is 2. The molecule has 0 saturated heterocycles. The first kappa shape index (κ1) is 17.0. The zero-order valence-electron chi connectivity index (χ0n) is 12.9. The predicted molar refractivity (Wildman–Crippen MR) is 92.9 cm³/mol. The van der Waals surface area contributed by atoms with Gasteiger partial charge >= 0.3 is 0 Å². The molecule has 0 aliphatic carbocycles. The Labute approximate surface area is 140 Å². The summed E-state index contributed by atoms with van der Waals surface area (Å²) in [5.74, 6) is -0.256. The third kappa shape index (κ3) is 5.75. The minimum absolute atomic E-state index is 0.120. The molecule has 0 bridgehead atoms. The number of hydrogen-bond donors (Lipinski definition) is 2. The van der Waals surface area contributed by atoms with Crippen molar-refractivity contribution < 1.29 is 9.59 Å². The average molecular weight is 331 g/mol. The number of nitrogens with one attached hydrogen (secondary N) is 2. The number of halogens is 1. The van der Waals surface area contributed by atoms with Crippen LogP contribution in [0.15, 0.2) is 48.5 Å². The van der Waals surface area contributed by atoms with E-state index >= 15 is 0 Å². The van der Waals surface area contributed by atoms with Gasteiger partial charge in [0, 0.05) is 29.7 Å². The van der Waals surface area contributed by atoms with Crippen molar-refractivity contribution in [2.75, 3.05) is 11.9 Å². The molecule has 5 heteroatoms. The Morgan fingerprint density at radius 1 is 1.09 bits per heavy atom. The standard InChI is InChI=1S/C18H19ClN2O2/c1-13(22)21-17-9-7-15(8-10-17)18(23)20-11-3-5-14-4-2-6-16(19)12-14/h2,4,6-10,12H,3,5,11H2,1H3,(H,20,23)(H,21,22). The highest BCUT2D eigenvalue weighted by Crippen LogP contribution is 2.12. The van der Waals surface area contributed by atoms with Crippen molar-refractivity contribution in [2.24, 2.45) is 0 Å². The molecule has 0 aliphatic rings. The fraction of sp³-hybridized carbons (Fsp3) is 0.222. The van der Waals surface area contributed by atoms with E-state index < -0.39 is 0 Å². The second-order valence-electron chi connectivity index (χ2n) is 5.25. The Kier molecular flexibility index (Phi) is 6.18. The van der Waals surface area contributed by atoms with Crippen LogP contribution in [-0.4, -0.2) is 18.4 Å². The van der Waals surface area contributed by atoms with Gasteiger partial charge in [-0.15, -0.1) is 0 Å². The first-order valence-electron chi connectivity index (χ1n) is 7.45. The monoisotopic (exact) mass is 330 g/mol. The number of carbonyl (C=O) groups is 2. The molecule has 0 radical (unpaired) electrons. The van der Waals surface area contributed by atoms with E-state index in [0.717, 1.165) is 23.4 Å². The van der Waals surface area contributed by atoms with Gasteiger partial charge in [-0.2, -0.15) is 0 Å². The lowest BCUT2D eigenvalue weighted by Gasteiger charge is -2.07. The van der Waals surface area contributed by atoms with Crippen LogP contribution in [0.3, 0.4) is 0 Å². The van der Waals surface area contributed by atoms with E-state index in [4.69, 9.17) is 11.6 Å². The van der Waals surface area contributed by atoms with E-state index in [1.54, 1.807) is 24.3 Å². The molecule has 0 atom stereocenters. The van der Waals surface area contributed by atoms with Crippen LogP contribution >= 0.6 is 11.6 Å². The molecule has 0 fully saturated rings. The number of benzene rings is 2. The maximum absolute atomic E-state index is 12.0. The molecule has 2 aromatic carbocycles. The first-order valence-corrected chi connectivity index (χ1v) is 7.83. The van der Waals surface area contributed by atoms with Crippen molar-refractivity contribution in [1.82, 2.24) is 5.32 Å². The van der Waals surface area contributed by atoms with Gasteiger partial charge in [0.25, 0.3) is 5.91 Å². The predicted octanol–water partition coefficient (Wildman–Crippen LogP) is 3.66. The Hall–Kier alpha value is -2.33. The maximum Gasteiger partial charge on any atom is 0.251 e. The van der Waals surface area contributed by atoms with E-state index in [9.17, 15) is 9.59 Å². The van der Waals surface area contributed by atoms with Crippen molar-refractivity contribution >= 4 is 29.1 Å². The molecular formula is C18H19ClN2O2. The lowest BCUT2D eigenvalue weighted by molar-refractivity contribution is -0.114. The fourth-order valence-electron chi connectivity index (χ4n) is 2.20. The minimum atomic E-state index is -0.136. The molecule has 0 aromatic heterocycles. The van der Waals surface area contributed by atoms with Gasteiger partial charge in [-0.25, -0.2) is 0 Å². The summed E-state index contributed by atoms with van der Waals surface area (Å²) in [6.45, 7) is 2.04. The molecule has 0 spiro atoms. The molecule has 2 N–H and O–H groups in total. The number of aryl methyl sites for hydroxylation is 1. The maximum atomic E-state index is 12.0. The molecular weight excluding hydrogens is 312 g/mol. The lowest BCUT2D eigenvalue weighted by Crippen LogP contribution is -2.24. The third-order valence-electron chi connectivity index (χ3n) is 3.28. The second kappa shape index (κ2) is 8.34. The summed E-state index contributed by atoms with van der Waals surface area (Å²) in [5.41, 5.74) is 2.41. The molecule has 0 heterocycles. The molecule has 120 valence electrons. The zero-order valence-corrected chi connectivity index (χ0v) is 13.7. The van der Waals surface area contributed by atoms with Gasteiger partial charge in [-0.05, 0) is 54.8 Å². The quantitative estimate of drug-likeness (QED) is 0.794. The number of rotatable bonds is 6. The number of anilines is 1. The molecule has 0 aliphatic heterocycles. The molecule has 0 saturated carbocycles. The van der Waals surface area contributed by atoms with Gasteiger partial charge in [-0.1, -0.05) is 23.7 Å². The Balaban J connectivity index is 1.77. The van der Waals surface area contributed by atoms with Crippen LogP contribution < -0.4 is 10.6 Å². The third-order valence-corrected chi connectivity index (χ3v) is 3.52. The minimum Gasteiger partial charge on any atom is -0.352 e. The van der Waals surface area contributed by atoms with Crippen LogP contribution in [0.5, 0.6) is 0 Å². The molecule has 4 nitrogen and oxygen atoms in total. The Morgan fingerprint density at radius 3 is 2.48 bits per heavy atom. The molecule has 23 heavy (non-hydrogen) atoms. The van der Waals surface area contributed by atoms with Crippen LogP contribution in [-0.2, 0) is 11.2 Å². The van der Waals surface area contributed by atoms with Crippen LogP contribution in [0.25, 0.3) is 0 Å². The zero-order chi connectivity index (χ0) is 16.7. The van der Waals surface area contributed by atoms with Gasteiger partial charge in [0.2, 0.25) is 5.91 Å². The summed E-state index contributed by atoms with van der Waals surface area (Å²) in [7, 11) is 0. The van der Waals surface area contributed by atoms with Crippen LogP contribution in [0.1, 0.15) is 29.3 Å². The van der Waals surface area contributed by atoms with Gasteiger partial charge in [0.05, 0.1) is 0 Å². The summed E-state index contributed by atoms with van der Waals surface area (Å²) in [6.07, 6.45) is 1.71. The summed E-state index contributed by atoms with van der Waals surface area (Å²) in [4.78, 5) is 23.0. The molecule has 2 rings (SSSR count). The highest BCUT2D eigenvalue weighted by atomic mass is 35.5. The van der Waals surface area contributed by atoms with Crippen molar-refractivity contribution in [1.29, 1.82) is 0 Å². The topological polar surface area (TPSA) is 58.2 Å². The van der Waals surface area contributed by atoms with Gasteiger partial charge in [0.15, 0.2) is 0 Å². The Bertz CT molecular complexity index is 684. The van der Waals surface area contributed by atoms with Crippen LogP contribution in [0.4, 0.5) is 5.69 Å². The highest BCUT2D eigenvalue weighted by molar-refractivity contribution is 6.30. The summed E-state index contributed by atoms with van der Waals surface area (Å²) < 4.78 is 0. The number of amides is 2. The van der Waals surface area contributed by atoms with E-state index in [2.05, 4.69) is 10.6 Å². The fourth-order valence-corrected chi connectivity index (χ4v) is 2.41. The van der Waals surface area contributed by atoms with Crippen LogP contribution in [0, 0.1) is 0 Å². The van der Waals surface area contributed by atoms with E-state index in [0.29, 0.717) is 17.8 Å². The van der Waals surface area contributed by atoms with Gasteiger partial charge in [0.1, 0.15) is 0 Å². The normalized spacial score (nSPS) is 10.2. The van der Waals surface area contributed by atoms with Crippen molar-refractivity contribution in [3.05, 3.63) is 64.7 Å². The van der Waals surface area contributed by atoms with Crippen molar-refractivity contribution in [3.63, 3.8) is 0 Å². The van der Waals surface area contributed by atoms with E-state index in [1.807, 2.05) is 24.3 Å².